The van der Waals surface area contributed by atoms with Gasteiger partial charge in [-0.3, -0.25) is 0 Å². The Hall–Kier alpha value is -0.900. The van der Waals surface area contributed by atoms with Gasteiger partial charge in [0.1, 0.15) is 0 Å². The first-order valence-electron chi connectivity index (χ1n) is 7.24. The molecule has 1 fully saturated rings. The number of hydrogen-bond acceptors (Lipinski definition) is 4. The molecule has 0 aromatic carbocycles. The van der Waals surface area contributed by atoms with Crippen LogP contribution in [0.25, 0.3) is 0 Å². The van der Waals surface area contributed by atoms with E-state index in [0.717, 1.165) is 18.2 Å². The zero-order chi connectivity index (χ0) is 13.1. The maximum atomic E-state index is 6.12. The largest absolute Gasteiger partial charge is 0.338 e. The molecule has 2 unspecified atom stereocenters. The highest BCUT2D eigenvalue weighted by Gasteiger charge is 2.29. The first kappa shape index (κ1) is 13.5. The lowest BCUT2D eigenvalue weighted by Crippen LogP contribution is -2.19. The molecule has 1 heterocycles. The predicted octanol–water partition coefficient (Wildman–Crippen LogP) is 3.41. The van der Waals surface area contributed by atoms with Gasteiger partial charge in [-0.05, 0) is 31.1 Å². The van der Waals surface area contributed by atoms with Gasteiger partial charge in [0.25, 0.3) is 0 Å². The number of aromatic nitrogens is 2. The summed E-state index contributed by atoms with van der Waals surface area (Å²) < 4.78 is 5.34. The van der Waals surface area contributed by atoms with E-state index in [-0.39, 0.29) is 6.04 Å². The molecule has 0 saturated heterocycles. The second kappa shape index (κ2) is 5.83. The van der Waals surface area contributed by atoms with Crippen LogP contribution < -0.4 is 5.73 Å². The molecule has 1 aliphatic rings. The Kier molecular flexibility index (Phi) is 4.38. The van der Waals surface area contributed by atoms with Crippen molar-refractivity contribution in [2.75, 3.05) is 0 Å². The van der Waals surface area contributed by atoms with E-state index in [1.807, 2.05) is 0 Å². The van der Waals surface area contributed by atoms with Gasteiger partial charge in [0.2, 0.25) is 5.89 Å². The van der Waals surface area contributed by atoms with E-state index in [1.165, 1.54) is 25.7 Å². The second-order valence-electron chi connectivity index (χ2n) is 5.69. The average molecular weight is 251 g/mol. The number of nitrogens with two attached hydrogens (primary N) is 1. The standard InChI is InChI=1S/C14H25N3O/c1-4-9(3)12(15)14-16-13(17-18-14)11-7-6-10(5-2)8-11/h9-12H,4-8,15H2,1-3H3/t9-,10?,11?,12-/m0/s1. The van der Waals surface area contributed by atoms with Gasteiger partial charge >= 0.3 is 0 Å². The summed E-state index contributed by atoms with van der Waals surface area (Å²) in [7, 11) is 0. The number of rotatable bonds is 5. The van der Waals surface area contributed by atoms with Crippen molar-refractivity contribution in [3.63, 3.8) is 0 Å². The van der Waals surface area contributed by atoms with Crippen LogP contribution in [0, 0.1) is 11.8 Å². The summed E-state index contributed by atoms with van der Waals surface area (Å²) in [6.07, 6.45) is 5.97. The smallest absolute Gasteiger partial charge is 0.243 e. The summed E-state index contributed by atoms with van der Waals surface area (Å²) in [5, 5.41) is 4.14. The predicted molar refractivity (Wildman–Crippen MR) is 71.1 cm³/mol. The molecule has 1 aromatic rings. The van der Waals surface area contributed by atoms with Gasteiger partial charge in [0.15, 0.2) is 5.82 Å². The fraction of sp³-hybridized carbons (Fsp3) is 0.857. The highest BCUT2D eigenvalue weighted by atomic mass is 16.5. The molecule has 0 spiro atoms. The van der Waals surface area contributed by atoms with Crippen LogP contribution >= 0.6 is 0 Å². The molecule has 0 bridgehead atoms. The quantitative estimate of drug-likeness (QED) is 0.871. The lowest BCUT2D eigenvalue weighted by atomic mass is 10.00. The van der Waals surface area contributed by atoms with Gasteiger partial charge in [0.05, 0.1) is 6.04 Å². The number of nitrogens with zero attached hydrogens (tertiary/aromatic N) is 2. The van der Waals surface area contributed by atoms with Crippen LogP contribution in [-0.4, -0.2) is 10.1 Å². The van der Waals surface area contributed by atoms with Crippen LogP contribution in [-0.2, 0) is 0 Å². The van der Waals surface area contributed by atoms with Gasteiger partial charge < -0.3 is 10.3 Å². The lowest BCUT2D eigenvalue weighted by Gasteiger charge is -2.13. The molecule has 18 heavy (non-hydrogen) atoms. The van der Waals surface area contributed by atoms with Gasteiger partial charge in [-0.1, -0.05) is 38.8 Å². The van der Waals surface area contributed by atoms with Crippen molar-refractivity contribution in [2.24, 2.45) is 17.6 Å². The van der Waals surface area contributed by atoms with Crippen molar-refractivity contribution in [1.82, 2.24) is 10.1 Å². The van der Waals surface area contributed by atoms with Gasteiger partial charge in [-0.25, -0.2) is 0 Å². The van der Waals surface area contributed by atoms with Crippen LogP contribution in [0.3, 0.4) is 0 Å². The van der Waals surface area contributed by atoms with Crippen LogP contribution in [0.2, 0.25) is 0 Å². The third kappa shape index (κ3) is 2.74. The average Bonchev–Trinajstić information content (AvgIpc) is 3.04. The maximum absolute atomic E-state index is 6.12. The van der Waals surface area contributed by atoms with E-state index < -0.39 is 0 Å². The molecule has 0 amide bonds. The summed E-state index contributed by atoms with van der Waals surface area (Å²) in [4.78, 5) is 4.53. The minimum atomic E-state index is -0.125. The fourth-order valence-corrected chi connectivity index (χ4v) is 2.73. The molecule has 2 N–H and O–H groups in total. The monoisotopic (exact) mass is 251 g/mol. The molecule has 4 nitrogen and oxygen atoms in total. The molecule has 1 aromatic heterocycles. The van der Waals surface area contributed by atoms with Crippen molar-refractivity contribution >= 4 is 0 Å². The first-order chi connectivity index (χ1) is 8.65. The van der Waals surface area contributed by atoms with E-state index in [9.17, 15) is 0 Å². The summed E-state index contributed by atoms with van der Waals surface area (Å²) >= 11 is 0. The van der Waals surface area contributed by atoms with Crippen LogP contribution in [0.1, 0.15) is 76.6 Å². The Bertz CT molecular complexity index is 377. The third-order valence-corrected chi connectivity index (χ3v) is 4.48. The van der Waals surface area contributed by atoms with E-state index >= 15 is 0 Å². The Morgan fingerprint density at radius 1 is 1.39 bits per heavy atom. The molecule has 4 heteroatoms. The minimum absolute atomic E-state index is 0.125. The molecule has 2 rings (SSSR count). The summed E-state index contributed by atoms with van der Waals surface area (Å²) in [6.45, 7) is 6.51. The summed E-state index contributed by atoms with van der Waals surface area (Å²) in [5.41, 5.74) is 6.12. The topological polar surface area (TPSA) is 64.9 Å². The lowest BCUT2D eigenvalue weighted by molar-refractivity contribution is 0.309. The van der Waals surface area contributed by atoms with Gasteiger partial charge in [-0.2, -0.15) is 4.98 Å². The van der Waals surface area contributed by atoms with E-state index in [1.54, 1.807) is 0 Å². The molecule has 1 saturated carbocycles. The highest BCUT2D eigenvalue weighted by molar-refractivity contribution is 5.01. The second-order valence-corrected chi connectivity index (χ2v) is 5.69. The maximum Gasteiger partial charge on any atom is 0.243 e. The first-order valence-corrected chi connectivity index (χ1v) is 7.24. The fourth-order valence-electron chi connectivity index (χ4n) is 2.73. The van der Waals surface area contributed by atoms with E-state index in [2.05, 4.69) is 30.9 Å². The summed E-state index contributed by atoms with van der Waals surface area (Å²) in [5.74, 6) is 3.18. The van der Waals surface area contributed by atoms with Gasteiger partial charge in [-0.15, -0.1) is 0 Å². The zero-order valence-electron chi connectivity index (χ0n) is 11.7. The molecule has 102 valence electrons. The Morgan fingerprint density at radius 3 is 2.78 bits per heavy atom. The van der Waals surface area contributed by atoms with Gasteiger partial charge in [0, 0.05) is 5.92 Å². The molecule has 0 aliphatic heterocycles. The Balaban J connectivity index is 2.02. The SMILES string of the molecule is CCC1CCC(c2noc([C@@H](N)[C@@H](C)CC)n2)C1. The van der Waals surface area contributed by atoms with E-state index in [0.29, 0.717) is 17.7 Å². The Labute approximate surface area is 109 Å². The van der Waals surface area contributed by atoms with E-state index in [4.69, 9.17) is 10.3 Å². The van der Waals surface area contributed by atoms with Crippen molar-refractivity contribution in [3.8, 4) is 0 Å². The minimum Gasteiger partial charge on any atom is -0.338 e. The molecular weight excluding hydrogens is 226 g/mol. The third-order valence-electron chi connectivity index (χ3n) is 4.48. The van der Waals surface area contributed by atoms with Crippen molar-refractivity contribution in [1.29, 1.82) is 0 Å². The molecular formula is C14H25N3O. The number of hydrogen-bond donors (Lipinski definition) is 1. The van der Waals surface area contributed by atoms with Crippen LogP contribution in [0.4, 0.5) is 0 Å². The normalized spacial score (nSPS) is 27.3. The van der Waals surface area contributed by atoms with Crippen molar-refractivity contribution in [2.45, 2.75) is 64.8 Å². The molecule has 0 radical (unpaired) electrons. The van der Waals surface area contributed by atoms with Crippen molar-refractivity contribution < 1.29 is 4.52 Å². The van der Waals surface area contributed by atoms with Crippen LogP contribution in [0.5, 0.6) is 0 Å². The Morgan fingerprint density at radius 2 is 2.17 bits per heavy atom. The van der Waals surface area contributed by atoms with Crippen molar-refractivity contribution in [3.05, 3.63) is 11.7 Å². The zero-order valence-corrected chi connectivity index (χ0v) is 11.7. The molecule has 1 aliphatic carbocycles. The highest BCUT2D eigenvalue weighted by Crippen LogP contribution is 2.38. The summed E-state index contributed by atoms with van der Waals surface area (Å²) in [6, 6.07) is -0.125. The molecule has 4 atom stereocenters. The van der Waals surface area contributed by atoms with Crippen LogP contribution in [0.15, 0.2) is 4.52 Å².